The lowest BCUT2D eigenvalue weighted by Gasteiger charge is -2.31. The van der Waals surface area contributed by atoms with Gasteiger partial charge in [-0.3, -0.25) is 9.59 Å². The van der Waals surface area contributed by atoms with Crippen LogP contribution in [0.25, 0.3) is 0 Å². The fraction of sp³-hybridized carbons (Fsp3) is 0.440. The standard InChI is InChI=1S/C25H31N3O4S/c1-17-15-22-16-23(9-10-24(22)28(17)19(3)29)33(31,32)27-13-11-21(12-14-27)25(30)26-18(2)20-7-5-4-6-8-20/h4-10,16-18,21H,11-15H2,1-3H3,(H,26,30)/t17-,18-/m0/s1. The molecule has 1 saturated heterocycles. The first-order valence-corrected chi connectivity index (χ1v) is 12.9. The molecule has 0 bridgehead atoms. The predicted octanol–water partition coefficient (Wildman–Crippen LogP) is 3.26. The summed E-state index contributed by atoms with van der Waals surface area (Å²) in [6.45, 7) is 6.07. The lowest BCUT2D eigenvalue weighted by Crippen LogP contribution is -2.43. The number of piperidine rings is 1. The van der Waals surface area contributed by atoms with Crippen LogP contribution in [0.4, 0.5) is 5.69 Å². The normalized spacial score (nSPS) is 20.3. The van der Waals surface area contributed by atoms with Gasteiger partial charge in [-0.25, -0.2) is 8.42 Å². The number of sulfonamides is 1. The Balaban J connectivity index is 1.40. The van der Waals surface area contributed by atoms with Crippen LogP contribution in [0, 0.1) is 5.92 Å². The van der Waals surface area contributed by atoms with E-state index in [4.69, 9.17) is 0 Å². The third kappa shape index (κ3) is 4.68. The van der Waals surface area contributed by atoms with E-state index in [1.807, 2.05) is 44.2 Å². The molecule has 0 spiro atoms. The van der Waals surface area contributed by atoms with Crippen molar-refractivity contribution in [2.45, 2.75) is 57.0 Å². The molecule has 2 aliphatic rings. The van der Waals surface area contributed by atoms with Crippen molar-refractivity contribution in [3.05, 3.63) is 59.7 Å². The summed E-state index contributed by atoms with van der Waals surface area (Å²) in [5.74, 6) is -0.273. The minimum Gasteiger partial charge on any atom is -0.349 e. The van der Waals surface area contributed by atoms with E-state index in [2.05, 4.69) is 5.32 Å². The molecule has 2 aromatic carbocycles. The van der Waals surface area contributed by atoms with E-state index >= 15 is 0 Å². The van der Waals surface area contributed by atoms with Crippen LogP contribution in [0.5, 0.6) is 0 Å². The molecule has 0 aromatic heterocycles. The average Bonchev–Trinajstić information content (AvgIpc) is 3.14. The molecule has 0 unspecified atom stereocenters. The minimum atomic E-state index is -3.66. The Kier molecular flexibility index (Phi) is 6.59. The summed E-state index contributed by atoms with van der Waals surface area (Å²) in [7, 11) is -3.66. The lowest BCUT2D eigenvalue weighted by atomic mass is 9.96. The van der Waals surface area contributed by atoms with Crippen LogP contribution >= 0.6 is 0 Å². The Bertz CT molecular complexity index is 1140. The molecule has 8 heteroatoms. The second kappa shape index (κ2) is 9.27. The van der Waals surface area contributed by atoms with Crippen LogP contribution in [0.3, 0.4) is 0 Å². The van der Waals surface area contributed by atoms with Gasteiger partial charge in [0.1, 0.15) is 0 Å². The molecule has 2 amide bonds. The Morgan fingerprint density at radius 1 is 1.06 bits per heavy atom. The summed E-state index contributed by atoms with van der Waals surface area (Å²) < 4.78 is 28.0. The number of rotatable bonds is 5. The van der Waals surface area contributed by atoms with E-state index < -0.39 is 10.0 Å². The average molecular weight is 470 g/mol. The van der Waals surface area contributed by atoms with Crippen molar-refractivity contribution in [2.75, 3.05) is 18.0 Å². The first-order valence-electron chi connectivity index (χ1n) is 11.5. The number of fused-ring (bicyclic) bond motifs is 1. The highest BCUT2D eigenvalue weighted by molar-refractivity contribution is 7.89. The van der Waals surface area contributed by atoms with Gasteiger partial charge in [-0.05, 0) is 62.4 Å². The molecular formula is C25H31N3O4S. The van der Waals surface area contributed by atoms with Gasteiger partial charge in [-0.2, -0.15) is 4.31 Å². The number of nitrogens with zero attached hydrogens (tertiary/aromatic N) is 2. The quantitative estimate of drug-likeness (QED) is 0.728. The smallest absolute Gasteiger partial charge is 0.243 e. The molecule has 7 nitrogen and oxygen atoms in total. The highest BCUT2D eigenvalue weighted by Gasteiger charge is 2.35. The topological polar surface area (TPSA) is 86.8 Å². The highest BCUT2D eigenvalue weighted by atomic mass is 32.2. The van der Waals surface area contributed by atoms with Crippen LogP contribution in [-0.4, -0.2) is 43.7 Å². The van der Waals surface area contributed by atoms with Crippen molar-refractivity contribution in [1.29, 1.82) is 0 Å². The first kappa shape index (κ1) is 23.4. The Labute approximate surface area is 195 Å². The van der Waals surface area contributed by atoms with Crippen molar-refractivity contribution in [1.82, 2.24) is 9.62 Å². The van der Waals surface area contributed by atoms with Crippen molar-refractivity contribution in [2.24, 2.45) is 5.92 Å². The maximum atomic E-state index is 13.3. The van der Waals surface area contributed by atoms with Gasteiger partial charge in [-0.15, -0.1) is 0 Å². The molecule has 33 heavy (non-hydrogen) atoms. The van der Waals surface area contributed by atoms with E-state index in [0.29, 0.717) is 32.4 Å². The Morgan fingerprint density at radius 3 is 2.36 bits per heavy atom. The van der Waals surface area contributed by atoms with Gasteiger partial charge in [0.25, 0.3) is 0 Å². The van der Waals surface area contributed by atoms with Gasteiger partial charge in [-0.1, -0.05) is 30.3 Å². The maximum absolute atomic E-state index is 13.3. The van der Waals surface area contributed by atoms with Gasteiger partial charge in [0.05, 0.1) is 10.9 Å². The fourth-order valence-corrected chi connectivity index (χ4v) is 6.43. The summed E-state index contributed by atoms with van der Waals surface area (Å²) in [5.41, 5.74) is 2.71. The summed E-state index contributed by atoms with van der Waals surface area (Å²) >= 11 is 0. The van der Waals surface area contributed by atoms with Gasteiger partial charge >= 0.3 is 0 Å². The zero-order chi connectivity index (χ0) is 23.8. The molecule has 1 fully saturated rings. The molecule has 4 rings (SSSR count). The van der Waals surface area contributed by atoms with E-state index in [9.17, 15) is 18.0 Å². The van der Waals surface area contributed by atoms with Crippen LogP contribution < -0.4 is 10.2 Å². The summed E-state index contributed by atoms with van der Waals surface area (Å²) in [4.78, 5) is 26.7. The number of benzene rings is 2. The number of amides is 2. The summed E-state index contributed by atoms with van der Waals surface area (Å²) in [5, 5.41) is 3.06. The summed E-state index contributed by atoms with van der Waals surface area (Å²) in [6, 6.07) is 14.7. The van der Waals surface area contributed by atoms with Crippen LogP contribution in [0.15, 0.2) is 53.4 Å². The van der Waals surface area contributed by atoms with E-state index in [1.165, 1.54) is 11.2 Å². The number of hydrogen-bond donors (Lipinski definition) is 1. The second-order valence-corrected chi connectivity index (χ2v) is 11.0. The lowest BCUT2D eigenvalue weighted by molar-refractivity contribution is -0.126. The molecule has 0 radical (unpaired) electrons. The number of nitrogens with one attached hydrogen (secondary N) is 1. The number of anilines is 1. The van der Waals surface area contributed by atoms with E-state index in [-0.39, 0.29) is 34.7 Å². The zero-order valence-corrected chi connectivity index (χ0v) is 20.1. The zero-order valence-electron chi connectivity index (χ0n) is 19.3. The van der Waals surface area contributed by atoms with Crippen molar-refractivity contribution >= 4 is 27.5 Å². The molecule has 0 saturated carbocycles. The van der Waals surface area contributed by atoms with Gasteiger partial charge < -0.3 is 10.2 Å². The van der Waals surface area contributed by atoms with Crippen LogP contribution in [0.2, 0.25) is 0 Å². The number of carbonyl (C=O) groups excluding carboxylic acids is 2. The molecule has 2 atom stereocenters. The molecule has 2 aromatic rings. The Morgan fingerprint density at radius 2 is 1.73 bits per heavy atom. The van der Waals surface area contributed by atoms with Gasteiger partial charge in [0, 0.05) is 37.7 Å². The molecule has 2 heterocycles. The Hall–Kier alpha value is -2.71. The molecule has 1 N–H and O–H groups in total. The highest BCUT2D eigenvalue weighted by Crippen LogP contribution is 2.35. The SMILES string of the molecule is CC(=O)N1c2ccc(S(=O)(=O)N3CCC(C(=O)N[C@@H](C)c4ccccc4)CC3)cc2C[C@@H]1C. The van der Waals surface area contributed by atoms with Crippen molar-refractivity contribution < 1.29 is 18.0 Å². The van der Waals surface area contributed by atoms with E-state index in [1.54, 1.807) is 23.1 Å². The van der Waals surface area contributed by atoms with Crippen molar-refractivity contribution in [3.63, 3.8) is 0 Å². The molecule has 2 aliphatic heterocycles. The van der Waals surface area contributed by atoms with Gasteiger partial charge in [0.2, 0.25) is 21.8 Å². The van der Waals surface area contributed by atoms with Crippen LogP contribution in [0.1, 0.15) is 50.8 Å². The molecule has 176 valence electrons. The third-order valence-electron chi connectivity index (χ3n) is 6.73. The second-order valence-electron chi connectivity index (χ2n) is 9.05. The van der Waals surface area contributed by atoms with Crippen LogP contribution in [-0.2, 0) is 26.0 Å². The molecule has 0 aliphatic carbocycles. The predicted molar refractivity (Wildman–Crippen MR) is 127 cm³/mol. The minimum absolute atomic E-state index is 0.0167. The largest absolute Gasteiger partial charge is 0.349 e. The summed E-state index contributed by atoms with van der Waals surface area (Å²) in [6.07, 6.45) is 1.62. The van der Waals surface area contributed by atoms with Gasteiger partial charge in [0.15, 0.2) is 0 Å². The number of carbonyl (C=O) groups is 2. The third-order valence-corrected chi connectivity index (χ3v) is 8.62. The van der Waals surface area contributed by atoms with E-state index in [0.717, 1.165) is 16.8 Å². The first-order chi connectivity index (χ1) is 15.7. The molecular weight excluding hydrogens is 438 g/mol. The monoisotopic (exact) mass is 469 g/mol. The maximum Gasteiger partial charge on any atom is 0.243 e. The fourth-order valence-electron chi connectivity index (χ4n) is 4.91. The number of hydrogen-bond acceptors (Lipinski definition) is 4. The van der Waals surface area contributed by atoms with Crippen molar-refractivity contribution in [3.8, 4) is 0 Å².